The summed E-state index contributed by atoms with van der Waals surface area (Å²) in [5, 5.41) is 3.12. The maximum atomic E-state index is 12.3. The number of aryl methyl sites for hydroxylation is 2. The Balaban J connectivity index is 1.51. The van der Waals surface area contributed by atoms with E-state index in [-0.39, 0.29) is 5.91 Å². The first-order valence-electron chi connectivity index (χ1n) is 9.26. The fraction of sp³-hybridized carbons (Fsp3) is 0.409. The standard InChI is InChI=1S/C22H27NO3/c1-25-20-12-10-16(14-21(20)26-2)11-13-22(24)23-15-18-8-5-7-17-6-3-4-9-19(17)18/h3-4,6,9-10,12,14,18H,5,7-8,11,13,15H2,1-2H3,(H,23,24). The Labute approximate surface area is 155 Å². The Hall–Kier alpha value is -2.49. The van der Waals surface area contributed by atoms with Crippen LogP contribution in [-0.2, 0) is 17.6 Å². The molecule has 2 aromatic rings. The van der Waals surface area contributed by atoms with E-state index in [1.165, 1.54) is 17.5 Å². The van der Waals surface area contributed by atoms with E-state index in [0.717, 1.165) is 24.9 Å². The van der Waals surface area contributed by atoms with Crippen molar-refractivity contribution in [3.05, 3.63) is 59.2 Å². The van der Waals surface area contributed by atoms with E-state index in [1.807, 2.05) is 18.2 Å². The average Bonchev–Trinajstić information content (AvgIpc) is 2.70. The Morgan fingerprint density at radius 2 is 1.92 bits per heavy atom. The van der Waals surface area contributed by atoms with Crippen LogP contribution in [0.5, 0.6) is 11.5 Å². The van der Waals surface area contributed by atoms with E-state index in [1.54, 1.807) is 14.2 Å². The van der Waals surface area contributed by atoms with Crippen LogP contribution in [-0.4, -0.2) is 26.7 Å². The number of carbonyl (C=O) groups is 1. The van der Waals surface area contributed by atoms with Crippen LogP contribution in [0.25, 0.3) is 0 Å². The fourth-order valence-corrected chi connectivity index (χ4v) is 3.69. The van der Waals surface area contributed by atoms with Crippen molar-refractivity contribution in [3.8, 4) is 11.5 Å². The molecule has 2 aromatic carbocycles. The molecule has 0 saturated heterocycles. The highest BCUT2D eigenvalue weighted by Gasteiger charge is 2.20. The zero-order valence-corrected chi connectivity index (χ0v) is 15.6. The first-order chi connectivity index (χ1) is 12.7. The van der Waals surface area contributed by atoms with Gasteiger partial charge in [0.1, 0.15) is 0 Å². The highest BCUT2D eigenvalue weighted by atomic mass is 16.5. The molecule has 1 unspecified atom stereocenters. The normalized spacial score (nSPS) is 15.8. The summed E-state index contributed by atoms with van der Waals surface area (Å²) in [6.07, 6.45) is 4.66. The van der Waals surface area contributed by atoms with Gasteiger partial charge in [-0.2, -0.15) is 0 Å². The van der Waals surface area contributed by atoms with E-state index >= 15 is 0 Å². The van der Waals surface area contributed by atoms with Crippen LogP contribution < -0.4 is 14.8 Å². The molecule has 1 amide bonds. The molecule has 0 heterocycles. The van der Waals surface area contributed by atoms with Gasteiger partial charge in [0.15, 0.2) is 11.5 Å². The second-order valence-electron chi connectivity index (χ2n) is 6.78. The zero-order chi connectivity index (χ0) is 18.4. The van der Waals surface area contributed by atoms with Gasteiger partial charge in [0, 0.05) is 18.9 Å². The van der Waals surface area contributed by atoms with Crippen LogP contribution in [0.15, 0.2) is 42.5 Å². The van der Waals surface area contributed by atoms with Crippen molar-refractivity contribution in [1.29, 1.82) is 0 Å². The third kappa shape index (κ3) is 4.37. The molecule has 3 rings (SSSR count). The lowest BCUT2D eigenvalue weighted by atomic mass is 9.83. The molecule has 1 aliphatic rings. The van der Waals surface area contributed by atoms with Crippen molar-refractivity contribution in [1.82, 2.24) is 5.32 Å². The first kappa shape index (κ1) is 18.3. The van der Waals surface area contributed by atoms with Gasteiger partial charge in [-0.15, -0.1) is 0 Å². The predicted molar refractivity (Wildman–Crippen MR) is 103 cm³/mol. The molecule has 0 aromatic heterocycles. The highest BCUT2D eigenvalue weighted by molar-refractivity contribution is 5.76. The lowest BCUT2D eigenvalue weighted by molar-refractivity contribution is -0.121. The Bertz CT molecular complexity index is 757. The zero-order valence-electron chi connectivity index (χ0n) is 15.6. The van der Waals surface area contributed by atoms with Crippen LogP contribution in [0.1, 0.15) is 41.9 Å². The van der Waals surface area contributed by atoms with Gasteiger partial charge in [-0.1, -0.05) is 30.3 Å². The lowest BCUT2D eigenvalue weighted by Gasteiger charge is -2.25. The van der Waals surface area contributed by atoms with Gasteiger partial charge >= 0.3 is 0 Å². The molecule has 26 heavy (non-hydrogen) atoms. The number of amides is 1. The van der Waals surface area contributed by atoms with Crippen molar-refractivity contribution in [2.45, 2.75) is 38.0 Å². The molecule has 0 saturated carbocycles. The molecule has 0 aliphatic heterocycles. The van der Waals surface area contributed by atoms with Crippen LogP contribution in [0.3, 0.4) is 0 Å². The van der Waals surface area contributed by atoms with Crippen molar-refractivity contribution in [3.63, 3.8) is 0 Å². The quantitative estimate of drug-likeness (QED) is 0.822. The third-order valence-corrected chi connectivity index (χ3v) is 5.13. The molecule has 1 atom stereocenters. The van der Waals surface area contributed by atoms with Crippen molar-refractivity contribution in [2.24, 2.45) is 0 Å². The minimum Gasteiger partial charge on any atom is -0.493 e. The fourth-order valence-electron chi connectivity index (χ4n) is 3.69. The van der Waals surface area contributed by atoms with Crippen LogP contribution in [0, 0.1) is 0 Å². The number of benzene rings is 2. The topological polar surface area (TPSA) is 47.6 Å². The largest absolute Gasteiger partial charge is 0.493 e. The number of methoxy groups -OCH3 is 2. The van der Waals surface area contributed by atoms with E-state index < -0.39 is 0 Å². The summed E-state index contributed by atoms with van der Waals surface area (Å²) in [7, 11) is 3.24. The summed E-state index contributed by atoms with van der Waals surface area (Å²) in [6, 6.07) is 14.4. The first-order valence-corrected chi connectivity index (χ1v) is 9.26. The van der Waals surface area contributed by atoms with Gasteiger partial charge in [-0.25, -0.2) is 0 Å². The molecule has 1 aliphatic carbocycles. The highest BCUT2D eigenvalue weighted by Crippen LogP contribution is 2.31. The molecule has 4 heteroatoms. The maximum absolute atomic E-state index is 12.3. The number of hydrogen-bond acceptors (Lipinski definition) is 3. The SMILES string of the molecule is COc1ccc(CCC(=O)NCC2CCCc3ccccc32)cc1OC. The number of carbonyl (C=O) groups excluding carboxylic acids is 1. The molecular formula is C22H27NO3. The summed E-state index contributed by atoms with van der Waals surface area (Å²) in [4.78, 5) is 12.3. The summed E-state index contributed by atoms with van der Waals surface area (Å²) in [6.45, 7) is 0.724. The van der Waals surface area contributed by atoms with Crippen molar-refractivity contribution < 1.29 is 14.3 Å². The molecule has 1 N–H and O–H groups in total. The molecule has 4 nitrogen and oxygen atoms in total. The van der Waals surface area contributed by atoms with Crippen molar-refractivity contribution >= 4 is 5.91 Å². The van der Waals surface area contributed by atoms with Crippen molar-refractivity contribution in [2.75, 3.05) is 20.8 Å². The summed E-state index contributed by atoms with van der Waals surface area (Å²) >= 11 is 0. The van der Waals surface area contributed by atoms with Gasteiger partial charge < -0.3 is 14.8 Å². The van der Waals surface area contributed by atoms with E-state index in [2.05, 4.69) is 29.6 Å². The van der Waals surface area contributed by atoms with Crippen LogP contribution >= 0.6 is 0 Å². The van der Waals surface area contributed by atoms with E-state index in [9.17, 15) is 4.79 Å². The number of hydrogen-bond donors (Lipinski definition) is 1. The van der Waals surface area contributed by atoms with E-state index in [0.29, 0.717) is 30.3 Å². The molecule has 0 fully saturated rings. The molecule has 0 spiro atoms. The van der Waals surface area contributed by atoms with Crippen LogP contribution in [0.4, 0.5) is 0 Å². The van der Waals surface area contributed by atoms with Gasteiger partial charge in [-0.3, -0.25) is 4.79 Å². The second-order valence-corrected chi connectivity index (χ2v) is 6.78. The average molecular weight is 353 g/mol. The predicted octanol–water partition coefficient (Wildman–Crippen LogP) is 3.87. The number of ether oxygens (including phenoxy) is 2. The van der Waals surface area contributed by atoms with Gasteiger partial charge in [0.2, 0.25) is 5.91 Å². The minimum atomic E-state index is 0.0999. The van der Waals surface area contributed by atoms with Crippen LogP contribution in [0.2, 0.25) is 0 Å². The summed E-state index contributed by atoms with van der Waals surface area (Å²) < 4.78 is 10.6. The summed E-state index contributed by atoms with van der Waals surface area (Å²) in [5.74, 6) is 1.94. The van der Waals surface area contributed by atoms with Gasteiger partial charge in [-0.05, 0) is 54.5 Å². The second kappa shape index (κ2) is 8.75. The Morgan fingerprint density at radius 3 is 2.73 bits per heavy atom. The smallest absolute Gasteiger partial charge is 0.220 e. The van der Waals surface area contributed by atoms with Gasteiger partial charge in [0.25, 0.3) is 0 Å². The molecule has 138 valence electrons. The number of nitrogens with one attached hydrogen (secondary N) is 1. The van der Waals surface area contributed by atoms with E-state index in [4.69, 9.17) is 9.47 Å². The minimum absolute atomic E-state index is 0.0999. The molecular weight excluding hydrogens is 326 g/mol. The monoisotopic (exact) mass is 353 g/mol. The Kier molecular flexibility index (Phi) is 6.16. The molecule has 0 bridgehead atoms. The maximum Gasteiger partial charge on any atom is 0.220 e. The lowest BCUT2D eigenvalue weighted by Crippen LogP contribution is -2.30. The third-order valence-electron chi connectivity index (χ3n) is 5.13. The van der Waals surface area contributed by atoms with Gasteiger partial charge in [0.05, 0.1) is 14.2 Å². The number of rotatable bonds is 7. The number of fused-ring (bicyclic) bond motifs is 1. The Morgan fingerprint density at radius 1 is 1.12 bits per heavy atom. The summed E-state index contributed by atoms with van der Waals surface area (Å²) in [5.41, 5.74) is 3.91. The molecule has 0 radical (unpaired) electrons.